The molecule has 0 aliphatic rings. The Morgan fingerprint density at radius 1 is 1.06 bits per heavy atom. The third-order valence-corrected chi connectivity index (χ3v) is 3.16. The van der Waals surface area contributed by atoms with Crippen LogP contribution in [0.5, 0.6) is 0 Å². The van der Waals surface area contributed by atoms with Crippen molar-refractivity contribution in [2.45, 2.75) is 65.8 Å². The highest BCUT2D eigenvalue weighted by Crippen LogP contribution is 2.18. The zero-order valence-corrected chi connectivity index (χ0v) is 13.0. The summed E-state index contributed by atoms with van der Waals surface area (Å²) in [6.45, 7) is 13.7. The van der Waals surface area contributed by atoms with Gasteiger partial charge in [-0.15, -0.1) is 0 Å². The summed E-state index contributed by atoms with van der Waals surface area (Å²) in [7, 11) is 0. The van der Waals surface area contributed by atoms with Crippen molar-refractivity contribution in [2.75, 3.05) is 26.4 Å². The smallest absolute Gasteiger partial charge is 0.0610 e. The van der Waals surface area contributed by atoms with Gasteiger partial charge in [0.1, 0.15) is 0 Å². The van der Waals surface area contributed by atoms with Crippen LogP contribution in [0.25, 0.3) is 0 Å². The normalized spacial score (nSPS) is 15.7. The van der Waals surface area contributed by atoms with Gasteiger partial charge in [-0.3, -0.25) is 0 Å². The van der Waals surface area contributed by atoms with E-state index in [0.29, 0.717) is 5.41 Å². The SMILES string of the molecule is CCCNC(C)(CO)CCCOCCC(C)(C)C. The highest BCUT2D eigenvalue weighted by molar-refractivity contribution is 4.81. The van der Waals surface area contributed by atoms with Gasteiger partial charge in [-0.1, -0.05) is 27.7 Å². The van der Waals surface area contributed by atoms with Crippen LogP contribution < -0.4 is 5.32 Å². The van der Waals surface area contributed by atoms with E-state index < -0.39 is 0 Å². The molecule has 0 radical (unpaired) electrons. The second-order valence-electron chi connectivity index (χ2n) is 6.67. The Bertz CT molecular complexity index is 201. The fraction of sp³-hybridized carbons (Fsp3) is 1.00. The van der Waals surface area contributed by atoms with Gasteiger partial charge in [0.2, 0.25) is 0 Å². The molecule has 110 valence electrons. The summed E-state index contributed by atoms with van der Waals surface area (Å²) in [5.41, 5.74) is 0.200. The number of aliphatic hydroxyl groups excluding tert-OH is 1. The first-order valence-electron chi connectivity index (χ1n) is 7.26. The molecule has 0 saturated heterocycles. The van der Waals surface area contributed by atoms with Gasteiger partial charge < -0.3 is 15.2 Å². The first-order chi connectivity index (χ1) is 8.33. The van der Waals surface area contributed by atoms with Gasteiger partial charge in [-0.2, -0.15) is 0 Å². The topological polar surface area (TPSA) is 41.5 Å². The minimum absolute atomic E-state index is 0.149. The van der Waals surface area contributed by atoms with E-state index in [1.807, 2.05) is 0 Å². The van der Waals surface area contributed by atoms with E-state index in [1.165, 1.54) is 0 Å². The van der Waals surface area contributed by atoms with E-state index in [4.69, 9.17) is 4.74 Å². The Balaban J connectivity index is 3.62. The molecule has 0 amide bonds. The molecule has 0 fully saturated rings. The average molecular weight is 259 g/mol. The van der Waals surface area contributed by atoms with Crippen LogP contribution in [0.4, 0.5) is 0 Å². The van der Waals surface area contributed by atoms with Gasteiger partial charge in [0.15, 0.2) is 0 Å². The summed E-state index contributed by atoms with van der Waals surface area (Å²) >= 11 is 0. The number of hydrogen-bond acceptors (Lipinski definition) is 3. The number of aliphatic hydroxyl groups is 1. The Kier molecular flexibility index (Phi) is 8.83. The van der Waals surface area contributed by atoms with Crippen LogP contribution >= 0.6 is 0 Å². The monoisotopic (exact) mass is 259 g/mol. The van der Waals surface area contributed by atoms with E-state index in [9.17, 15) is 5.11 Å². The van der Waals surface area contributed by atoms with E-state index in [0.717, 1.165) is 45.4 Å². The quantitative estimate of drug-likeness (QED) is 0.593. The number of rotatable bonds is 10. The van der Waals surface area contributed by atoms with Crippen molar-refractivity contribution in [3.8, 4) is 0 Å². The zero-order chi connectivity index (χ0) is 14.1. The first-order valence-corrected chi connectivity index (χ1v) is 7.26. The lowest BCUT2D eigenvalue weighted by Crippen LogP contribution is -2.46. The molecule has 0 rings (SSSR count). The maximum atomic E-state index is 9.42. The summed E-state index contributed by atoms with van der Waals surface area (Å²) in [5, 5.41) is 12.8. The highest BCUT2D eigenvalue weighted by Gasteiger charge is 2.21. The minimum Gasteiger partial charge on any atom is -0.394 e. The summed E-state index contributed by atoms with van der Waals surface area (Å²) in [4.78, 5) is 0. The predicted octanol–water partition coefficient (Wildman–Crippen LogP) is 2.97. The van der Waals surface area contributed by atoms with E-state index in [1.54, 1.807) is 0 Å². The largest absolute Gasteiger partial charge is 0.394 e. The van der Waals surface area contributed by atoms with E-state index >= 15 is 0 Å². The van der Waals surface area contributed by atoms with Crippen LogP contribution in [0.15, 0.2) is 0 Å². The zero-order valence-electron chi connectivity index (χ0n) is 13.0. The lowest BCUT2D eigenvalue weighted by molar-refractivity contribution is 0.0925. The third-order valence-electron chi connectivity index (χ3n) is 3.16. The van der Waals surface area contributed by atoms with Crippen molar-refractivity contribution in [1.82, 2.24) is 5.32 Å². The Labute approximate surface area is 113 Å². The maximum Gasteiger partial charge on any atom is 0.0610 e. The second-order valence-corrected chi connectivity index (χ2v) is 6.67. The molecule has 0 aliphatic carbocycles. The molecule has 3 heteroatoms. The molecule has 0 bridgehead atoms. The van der Waals surface area contributed by atoms with Crippen LogP contribution in [0, 0.1) is 5.41 Å². The van der Waals surface area contributed by atoms with Gasteiger partial charge in [-0.25, -0.2) is 0 Å². The van der Waals surface area contributed by atoms with Gasteiger partial charge in [0.05, 0.1) is 6.61 Å². The molecule has 0 aromatic heterocycles. The summed E-state index contributed by atoms with van der Waals surface area (Å²) in [5.74, 6) is 0. The van der Waals surface area contributed by atoms with Crippen LogP contribution in [-0.4, -0.2) is 37.0 Å². The molecule has 0 saturated carbocycles. The molecule has 1 atom stereocenters. The summed E-state index contributed by atoms with van der Waals surface area (Å²) in [6, 6.07) is 0. The molecule has 0 heterocycles. The fourth-order valence-electron chi connectivity index (χ4n) is 1.69. The van der Waals surface area contributed by atoms with E-state index in [-0.39, 0.29) is 12.1 Å². The van der Waals surface area contributed by atoms with Crippen LogP contribution in [-0.2, 0) is 4.74 Å². The Morgan fingerprint density at radius 3 is 2.22 bits per heavy atom. The number of hydrogen-bond donors (Lipinski definition) is 2. The molecular weight excluding hydrogens is 226 g/mol. The van der Waals surface area contributed by atoms with Gasteiger partial charge in [-0.05, 0) is 44.6 Å². The van der Waals surface area contributed by atoms with E-state index in [2.05, 4.69) is 39.9 Å². The second kappa shape index (κ2) is 8.89. The Hall–Kier alpha value is -0.120. The van der Waals surface area contributed by atoms with Crippen molar-refractivity contribution in [3.05, 3.63) is 0 Å². The Morgan fingerprint density at radius 2 is 1.72 bits per heavy atom. The van der Waals surface area contributed by atoms with Crippen molar-refractivity contribution < 1.29 is 9.84 Å². The van der Waals surface area contributed by atoms with Crippen molar-refractivity contribution >= 4 is 0 Å². The van der Waals surface area contributed by atoms with Gasteiger partial charge in [0, 0.05) is 18.8 Å². The molecule has 18 heavy (non-hydrogen) atoms. The predicted molar refractivity (Wildman–Crippen MR) is 77.9 cm³/mol. The summed E-state index contributed by atoms with van der Waals surface area (Å²) < 4.78 is 5.64. The molecule has 3 nitrogen and oxygen atoms in total. The molecule has 0 aromatic carbocycles. The molecule has 2 N–H and O–H groups in total. The average Bonchev–Trinajstić information content (AvgIpc) is 2.30. The lowest BCUT2D eigenvalue weighted by Gasteiger charge is -2.29. The van der Waals surface area contributed by atoms with Crippen LogP contribution in [0.2, 0.25) is 0 Å². The number of nitrogens with one attached hydrogen (secondary N) is 1. The molecule has 0 aliphatic heterocycles. The van der Waals surface area contributed by atoms with Gasteiger partial charge in [0.25, 0.3) is 0 Å². The third kappa shape index (κ3) is 9.86. The fourth-order valence-corrected chi connectivity index (χ4v) is 1.69. The lowest BCUT2D eigenvalue weighted by atomic mass is 9.93. The number of ether oxygens (including phenoxy) is 1. The van der Waals surface area contributed by atoms with Crippen molar-refractivity contribution in [1.29, 1.82) is 0 Å². The van der Waals surface area contributed by atoms with Crippen molar-refractivity contribution in [3.63, 3.8) is 0 Å². The van der Waals surface area contributed by atoms with Crippen LogP contribution in [0.1, 0.15) is 60.3 Å². The highest BCUT2D eigenvalue weighted by atomic mass is 16.5. The first kappa shape index (κ1) is 17.9. The van der Waals surface area contributed by atoms with Crippen molar-refractivity contribution in [2.24, 2.45) is 5.41 Å². The minimum atomic E-state index is -0.149. The molecular formula is C15H33NO2. The molecule has 0 aromatic rings. The van der Waals surface area contributed by atoms with Gasteiger partial charge >= 0.3 is 0 Å². The van der Waals surface area contributed by atoms with Crippen LogP contribution in [0.3, 0.4) is 0 Å². The maximum absolute atomic E-state index is 9.42. The standard InChI is InChI=1S/C15H33NO2/c1-6-10-16-15(5,13-17)8-7-11-18-12-9-14(2,3)4/h16-17H,6-13H2,1-5H3. The molecule has 0 spiro atoms. The molecule has 1 unspecified atom stereocenters. The summed E-state index contributed by atoms with van der Waals surface area (Å²) in [6.07, 6.45) is 4.15.